The fraction of sp³-hybridized carbons (Fsp3) is 0.222. The van der Waals surface area contributed by atoms with E-state index in [4.69, 9.17) is 9.84 Å². The van der Waals surface area contributed by atoms with E-state index in [0.29, 0.717) is 12.0 Å². The number of aromatic nitrogens is 1. The summed E-state index contributed by atoms with van der Waals surface area (Å²) in [7, 11) is 1.61. The molecule has 5 nitrogen and oxygen atoms in total. The molecule has 0 aliphatic rings. The zero-order valence-corrected chi connectivity index (χ0v) is 13.1. The second-order valence-electron chi connectivity index (χ2n) is 5.08. The molecule has 5 heteroatoms. The maximum Gasteiger partial charge on any atom is 0.326 e. The van der Waals surface area contributed by atoms with Gasteiger partial charge in [-0.3, -0.25) is 4.79 Å². The Morgan fingerprint density at radius 1 is 1.26 bits per heavy atom. The number of hydrogen-bond donors (Lipinski definition) is 1. The summed E-state index contributed by atoms with van der Waals surface area (Å²) < 4.78 is 6.40. The van der Waals surface area contributed by atoms with E-state index >= 15 is 0 Å². The molecule has 1 aromatic carbocycles. The van der Waals surface area contributed by atoms with E-state index < -0.39 is 12.0 Å². The first-order chi connectivity index (χ1) is 11.0. The summed E-state index contributed by atoms with van der Waals surface area (Å²) in [5.41, 5.74) is 1.34. The van der Waals surface area contributed by atoms with Crippen LogP contribution in [0.5, 0.6) is 5.75 Å². The predicted octanol–water partition coefficient (Wildman–Crippen LogP) is 3.06. The molecule has 0 fully saturated rings. The third kappa shape index (κ3) is 4.10. The number of nitrogens with zero attached hydrogens (tertiary/aromatic N) is 1. The SMILES string of the molecule is CCC(C(=O)O)n1ccc(/C=C/c2cccc(OC)c2)cc1=O. The van der Waals surface area contributed by atoms with Gasteiger partial charge in [-0.15, -0.1) is 0 Å². The van der Waals surface area contributed by atoms with Crippen molar-refractivity contribution in [3.63, 3.8) is 0 Å². The van der Waals surface area contributed by atoms with Crippen molar-refractivity contribution < 1.29 is 14.6 Å². The van der Waals surface area contributed by atoms with Crippen molar-refractivity contribution in [1.82, 2.24) is 4.57 Å². The van der Waals surface area contributed by atoms with Crippen molar-refractivity contribution in [1.29, 1.82) is 0 Å². The Labute approximate surface area is 134 Å². The third-order valence-electron chi connectivity index (χ3n) is 3.54. The third-order valence-corrected chi connectivity index (χ3v) is 3.54. The number of carboxylic acids is 1. The number of methoxy groups -OCH3 is 1. The van der Waals surface area contributed by atoms with E-state index in [1.807, 2.05) is 36.4 Å². The average molecular weight is 313 g/mol. The highest BCUT2D eigenvalue weighted by atomic mass is 16.5. The highest BCUT2D eigenvalue weighted by molar-refractivity contribution is 5.72. The molecule has 23 heavy (non-hydrogen) atoms. The summed E-state index contributed by atoms with van der Waals surface area (Å²) in [6, 6.07) is 9.88. The molecule has 120 valence electrons. The van der Waals surface area contributed by atoms with Crippen LogP contribution < -0.4 is 10.3 Å². The minimum absolute atomic E-state index is 0.327. The Bertz CT molecular complexity index is 777. The smallest absolute Gasteiger partial charge is 0.326 e. The zero-order valence-electron chi connectivity index (χ0n) is 13.1. The van der Waals surface area contributed by atoms with Crippen molar-refractivity contribution in [3.05, 3.63) is 64.1 Å². The summed E-state index contributed by atoms with van der Waals surface area (Å²) in [6.07, 6.45) is 5.56. The average Bonchev–Trinajstić information content (AvgIpc) is 2.55. The normalized spacial score (nSPS) is 12.3. The number of carboxylic acid groups (broad SMARTS) is 1. The lowest BCUT2D eigenvalue weighted by Crippen LogP contribution is -2.28. The van der Waals surface area contributed by atoms with Crippen molar-refractivity contribution >= 4 is 18.1 Å². The minimum Gasteiger partial charge on any atom is -0.497 e. The van der Waals surface area contributed by atoms with Gasteiger partial charge in [0.15, 0.2) is 0 Å². The molecule has 0 saturated carbocycles. The van der Waals surface area contributed by atoms with Crippen LogP contribution >= 0.6 is 0 Å². The first-order valence-corrected chi connectivity index (χ1v) is 7.32. The Hall–Kier alpha value is -2.82. The maximum absolute atomic E-state index is 12.1. The van der Waals surface area contributed by atoms with Crippen LogP contribution in [0.25, 0.3) is 12.2 Å². The topological polar surface area (TPSA) is 68.5 Å². The van der Waals surface area contributed by atoms with Crippen LogP contribution in [0.4, 0.5) is 0 Å². The van der Waals surface area contributed by atoms with E-state index in [1.165, 1.54) is 16.8 Å². The summed E-state index contributed by atoms with van der Waals surface area (Å²) >= 11 is 0. The fourth-order valence-corrected chi connectivity index (χ4v) is 2.29. The van der Waals surface area contributed by atoms with Crippen LogP contribution in [0, 0.1) is 0 Å². The number of aliphatic carboxylic acids is 1. The summed E-state index contributed by atoms with van der Waals surface area (Å²) in [4.78, 5) is 23.3. The van der Waals surface area contributed by atoms with Crippen LogP contribution in [0.15, 0.2) is 47.4 Å². The molecular weight excluding hydrogens is 294 g/mol. The van der Waals surface area contributed by atoms with Gasteiger partial charge in [0.05, 0.1) is 7.11 Å². The summed E-state index contributed by atoms with van der Waals surface area (Å²) in [6.45, 7) is 1.74. The van der Waals surface area contributed by atoms with Crippen molar-refractivity contribution in [2.24, 2.45) is 0 Å². The summed E-state index contributed by atoms with van der Waals surface area (Å²) in [5, 5.41) is 9.14. The molecule has 0 amide bonds. The van der Waals surface area contributed by atoms with Gasteiger partial charge in [0.2, 0.25) is 0 Å². The van der Waals surface area contributed by atoms with Gasteiger partial charge in [-0.2, -0.15) is 0 Å². The first-order valence-electron chi connectivity index (χ1n) is 7.32. The molecule has 0 spiro atoms. The number of pyridine rings is 1. The number of hydrogen-bond acceptors (Lipinski definition) is 3. The second kappa shape index (κ2) is 7.45. The molecular formula is C18H19NO4. The molecule has 1 heterocycles. The van der Waals surface area contributed by atoms with E-state index in [2.05, 4.69) is 0 Å². The van der Waals surface area contributed by atoms with Crippen LogP contribution in [-0.4, -0.2) is 22.8 Å². The van der Waals surface area contributed by atoms with Crippen LogP contribution in [-0.2, 0) is 4.79 Å². The largest absolute Gasteiger partial charge is 0.497 e. The maximum atomic E-state index is 12.1. The van der Waals surface area contributed by atoms with E-state index in [1.54, 1.807) is 20.1 Å². The van der Waals surface area contributed by atoms with Crippen LogP contribution in [0.1, 0.15) is 30.5 Å². The highest BCUT2D eigenvalue weighted by Gasteiger charge is 2.17. The van der Waals surface area contributed by atoms with Gasteiger partial charge in [-0.1, -0.05) is 31.2 Å². The number of carbonyl (C=O) groups is 1. The molecule has 1 N–H and O–H groups in total. The molecule has 2 aromatic rings. The zero-order chi connectivity index (χ0) is 16.8. The second-order valence-corrected chi connectivity index (χ2v) is 5.08. The van der Waals surface area contributed by atoms with Crippen LogP contribution in [0.3, 0.4) is 0 Å². The number of benzene rings is 1. The lowest BCUT2D eigenvalue weighted by atomic mass is 10.1. The Kier molecular flexibility index (Phi) is 5.36. The molecule has 0 bridgehead atoms. The number of ether oxygens (including phenoxy) is 1. The lowest BCUT2D eigenvalue weighted by molar-refractivity contribution is -0.141. The standard InChI is InChI=1S/C18H19NO4/c1-3-16(18(21)22)19-10-9-14(12-17(19)20)8-7-13-5-4-6-15(11-13)23-2/h4-12,16H,3H2,1-2H3,(H,21,22)/b8-7+. The predicted molar refractivity (Wildman–Crippen MR) is 89.6 cm³/mol. The molecule has 0 aliphatic carbocycles. The Morgan fingerprint density at radius 2 is 1.96 bits per heavy atom. The van der Waals surface area contributed by atoms with Gasteiger partial charge in [0.1, 0.15) is 11.8 Å². The Morgan fingerprint density at radius 3 is 2.52 bits per heavy atom. The molecule has 1 aromatic heterocycles. The molecule has 2 rings (SSSR count). The summed E-state index contributed by atoms with van der Waals surface area (Å²) in [5.74, 6) is -0.246. The van der Waals surface area contributed by atoms with Gasteiger partial charge < -0.3 is 14.4 Å². The van der Waals surface area contributed by atoms with Gasteiger partial charge in [0, 0.05) is 12.3 Å². The van der Waals surface area contributed by atoms with Crippen LogP contribution in [0.2, 0.25) is 0 Å². The molecule has 1 atom stereocenters. The first kappa shape index (κ1) is 16.5. The van der Waals surface area contributed by atoms with E-state index in [-0.39, 0.29) is 5.56 Å². The molecule has 1 unspecified atom stereocenters. The Balaban J connectivity index is 2.25. The highest BCUT2D eigenvalue weighted by Crippen LogP contribution is 2.15. The van der Waals surface area contributed by atoms with Gasteiger partial charge in [-0.25, -0.2) is 4.79 Å². The monoisotopic (exact) mass is 313 g/mol. The quantitative estimate of drug-likeness (QED) is 0.890. The van der Waals surface area contributed by atoms with Crippen molar-refractivity contribution in [2.75, 3.05) is 7.11 Å². The van der Waals surface area contributed by atoms with Crippen molar-refractivity contribution in [3.8, 4) is 5.75 Å². The minimum atomic E-state index is -1.01. The van der Waals surface area contributed by atoms with E-state index in [0.717, 1.165) is 11.3 Å². The molecule has 0 aliphatic heterocycles. The van der Waals surface area contributed by atoms with E-state index in [9.17, 15) is 9.59 Å². The lowest BCUT2D eigenvalue weighted by Gasteiger charge is -2.13. The van der Waals surface area contributed by atoms with Gasteiger partial charge in [-0.05, 0) is 35.7 Å². The molecule has 0 saturated heterocycles. The fourth-order valence-electron chi connectivity index (χ4n) is 2.29. The van der Waals surface area contributed by atoms with Gasteiger partial charge in [0.25, 0.3) is 5.56 Å². The van der Waals surface area contributed by atoms with Crippen molar-refractivity contribution in [2.45, 2.75) is 19.4 Å². The molecule has 0 radical (unpaired) electrons. The number of rotatable bonds is 6. The van der Waals surface area contributed by atoms with Gasteiger partial charge >= 0.3 is 5.97 Å².